The van der Waals surface area contributed by atoms with Crippen LogP contribution in [0.3, 0.4) is 0 Å². The molecule has 0 bridgehead atoms. The Kier molecular flexibility index (Phi) is 3.24. The highest BCUT2D eigenvalue weighted by molar-refractivity contribution is 5.87. The lowest BCUT2D eigenvalue weighted by molar-refractivity contribution is -0.491. The summed E-state index contributed by atoms with van der Waals surface area (Å²) in [5.74, 6) is 0.386. The van der Waals surface area contributed by atoms with Crippen molar-refractivity contribution in [3.05, 3.63) is 45.6 Å². The molecule has 2 aromatic rings. The van der Waals surface area contributed by atoms with E-state index in [-0.39, 0.29) is 40.7 Å². The largest absolute Gasteiger partial charge is 0.356 e. The summed E-state index contributed by atoms with van der Waals surface area (Å²) in [5, 5.41) is 12.5. The molecule has 1 aliphatic carbocycles. The number of amides is 1. The highest BCUT2D eigenvalue weighted by Gasteiger charge is 2.64. The van der Waals surface area contributed by atoms with Gasteiger partial charge in [-0.15, -0.1) is 0 Å². The Hall–Kier alpha value is -2.37. The molecule has 6 nitrogen and oxygen atoms in total. The number of rotatable bonds is 2. The van der Waals surface area contributed by atoms with Crippen molar-refractivity contribution in [1.82, 2.24) is 9.88 Å². The number of carbonyl (C=O) groups excluding carboxylic acids is 1. The SMILES string of the molecule is C[C@H]1CC23c4[nH]c5ccccc5c4CCCN2C(=O)C[C@H]3[C@@H]1C[N+](=O)[O-]. The molecule has 1 saturated carbocycles. The van der Waals surface area contributed by atoms with E-state index in [9.17, 15) is 14.9 Å². The van der Waals surface area contributed by atoms with Crippen LogP contribution in [0.5, 0.6) is 0 Å². The van der Waals surface area contributed by atoms with Gasteiger partial charge in [0.05, 0.1) is 5.54 Å². The topological polar surface area (TPSA) is 79.2 Å². The van der Waals surface area contributed by atoms with Gasteiger partial charge >= 0.3 is 0 Å². The summed E-state index contributed by atoms with van der Waals surface area (Å²) in [5.41, 5.74) is 3.20. The fraction of sp³-hybridized carbons (Fsp3) is 0.550. The van der Waals surface area contributed by atoms with E-state index >= 15 is 0 Å². The fourth-order valence-corrected chi connectivity index (χ4v) is 6.16. The van der Waals surface area contributed by atoms with Crippen LogP contribution in [0.15, 0.2) is 24.3 Å². The molecular formula is C20H23N3O3. The molecule has 3 aliphatic rings. The Balaban J connectivity index is 1.74. The lowest BCUT2D eigenvalue weighted by atomic mass is 9.79. The van der Waals surface area contributed by atoms with E-state index in [1.807, 2.05) is 6.07 Å². The van der Waals surface area contributed by atoms with E-state index < -0.39 is 0 Å². The van der Waals surface area contributed by atoms with Crippen LogP contribution >= 0.6 is 0 Å². The first-order valence-corrected chi connectivity index (χ1v) is 9.54. The second kappa shape index (κ2) is 5.32. The maximum Gasteiger partial charge on any atom is 0.223 e. The van der Waals surface area contributed by atoms with Gasteiger partial charge in [-0.1, -0.05) is 25.1 Å². The molecule has 1 aromatic carbocycles. The zero-order valence-corrected chi connectivity index (χ0v) is 14.9. The molecule has 4 atom stereocenters. The minimum Gasteiger partial charge on any atom is -0.356 e. The molecule has 5 rings (SSSR count). The highest BCUT2D eigenvalue weighted by Crippen LogP contribution is 2.60. The molecule has 6 heteroatoms. The lowest BCUT2D eigenvalue weighted by Crippen LogP contribution is -2.45. The number of nitrogens with one attached hydrogen (secondary N) is 1. The zero-order valence-electron chi connectivity index (χ0n) is 14.9. The number of nitro groups is 1. The molecular weight excluding hydrogens is 330 g/mol. The van der Waals surface area contributed by atoms with Crippen molar-refractivity contribution in [3.63, 3.8) is 0 Å². The first-order valence-electron chi connectivity index (χ1n) is 9.54. The molecule has 136 valence electrons. The Morgan fingerprint density at radius 1 is 1.38 bits per heavy atom. The van der Waals surface area contributed by atoms with Crippen molar-refractivity contribution >= 4 is 16.8 Å². The summed E-state index contributed by atoms with van der Waals surface area (Å²) in [4.78, 5) is 29.7. The highest BCUT2D eigenvalue weighted by atomic mass is 16.6. The van der Waals surface area contributed by atoms with Gasteiger partial charge in [-0.3, -0.25) is 14.9 Å². The van der Waals surface area contributed by atoms with E-state index in [4.69, 9.17) is 0 Å². The van der Waals surface area contributed by atoms with Gasteiger partial charge in [0.1, 0.15) is 0 Å². The number of carbonyl (C=O) groups is 1. The van der Waals surface area contributed by atoms with Crippen molar-refractivity contribution in [1.29, 1.82) is 0 Å². The molecule has 2 aliphatic heterocycles. The minimum atomic E-state index is -0.387. The Bertz CT molecular complexity index is 920. The van der Waals surface area contributed by atoms with Gasteiger partial charge in [-0.2, -0.15) is 0 Å². The number of benzene rings is 1. The molecule has 26 heavy (non-hydrogen) atoms. The smallest absolute Gasteiger partial charge is 0.223 e. The van der Waals surface area contributed by atoms with Crippen molar-refractivity contribution in [3.8, 4) is 0 Å². The van der Waals surface area contributed by atoms with Gasteiger partial charge in [0, 0.05) is 46.3 Å². The molecule has 1 amide bonds. The molecule has 2 fully saturated rings. The molecule has 1 spiro atoms. The fourth-order valence-electron chi connectivity index (χ4n) is 6.16. The third-order valence-corrected chi connectivity index (χ3v) is 7.09. The van der Waals surface area contributed by atoms with Crippen LogP contribution in [-0.4, -0.2) is 33.8 Å². The first kappa shape index (κ1) is 15.9. The average molecular weight is 353 g/mol. The Morgan fingerprint density at radius 3 is 3.00 bits per heavy atom. The predicted molar refractivity (Wildman–Crippen MR) is 97.3 cm³/mol. The molecule has 1 aromatic heterocycles. The molecule has 3 heterocycles. The van der Waals surface area contributed by atoms with Gasteiger partial charge in [0.2, 0.25) is 12.5 Å². The van der Waals surface area contributed by atoms with Gasteiger partial charge in [0.15, 0.2) is 0 Å². The van der Waals surface area contributed by atoms with Crippen molar-refractivity contribution in [2.45, 2.75) is 38.1 Å². The van der Waals surface area contributed by atoms with Crippen molar-refractivity contribution in [2.75, 3.05) is 13.1 Å². The van der Waals surface area contributed by atoms with Crippen LogP contribution in [0, 0.1) is 27.9 Å². The number of nitrogens with zero attached hydrogens (tertiary/aromatic N) is 2. The maximum atomic E-state index is 12.9. The van der Waals surface area contributed by atoms with Crippen LogP contribution in [0.4, 0.5) is 0 Å². The van der Waals surface area contributed by atoms with Crippen LogP contribution in [-0.2, 0) is 16.8 Å². The number of H-pyrrole nitrogens is 1. The quantitative estimate of drug-likeness (QED) is 0.665. The second-order valence-corrected chi connectivity index (χ2v) is 8.27. The first-order chi connectivity index (χ1) is 12.5. The monoisotopic (exact) mass is 353 g/mol. The van der Waals surface area contributed by atoms with E-state index in [0.29, 0.717) is 6.42 Å². The molecule has 0 radical (unpaired) electrons. The number of fused-ring (bicyclic) bond motifs is 3. The second-order valence-electron chi connectivity index (χ2n) is 8.27. The summed E-state index contributed by atoms with van der Waals surface area (Å²) in [7, 11) is 0. The van der Waals surface area contributed by atoms with Gasteiger partial charge in [-0.25, -0.2) is 0 Å². The summed E-state index contributed by atoms with van der Waals surface area (Å²) in [6.07, 6.45) is 3.16. The lowest BCUT2D eigenvalue weighted by Gasteiger charge is -2.38. The summed E-state index contributed by atoms with van der Waals surface area (Å²) >= 11 is 0. The number of aromatic amines is 1. The molecule has 1 unspecified atom stereocenters. The number of aryl methyl sites for hydroxylation is 1. The van der Waals surface area contributed by atoms with Crippen LogP contribution in [0.2, 0.25) is 0 Å². The third-order valence-electron chi connectivity index (χ3n) is 7.09. The van der Waals surface area contributed by atoms with E-state index in [1.165, 1.54) is 10.9 Å². The van der Waals surface area contributed by atoms with Crippen molar-refractivity contribution in [2.24, 2.45) is 17.8 Å². The van der Waals surface area contributed by atoms with E-state index in [0.717, 1.165) is 37.0 Å². The van der Waals surface area contributed by atoms with Crippen LogP contribution < -0.4 is 0 Å². The van der Waals surface area contributed by atoms with E-state index in [2.05, 4.69) is 35.0 Å². The average Bonchev–Trinajstić information content (AvgIpc) is 3.14. The van der Waals surface area contributed by atoms with Crippen LogP contribution in [0.25, 0.3) is 10.9 Å². The number of aromatic nitrogens is 1. The molecule has 1 saturated heterocycles. The summed E-state index contributed by atoms with van der Waals surface area (Å²) in [6, 6.07) is 8.32. The Morgan fingerprint density at radius 2 is 2.19 bits per heavy atom. The van der Waals surface area contributed by atoms with Gasteiger partial charge in [-0.05, 0) is 36.8 Å². The van der Waals surface area contributed by atoms with Crippen LogP contribution in [0.1, 0.15) is 37.4 Å². The van der Waals surface area contributed by atoms with Crippen molar-refractivity contribution < 1.29 is 9.72 Å². The standard InChI is InChI=1S/C20H23N3O3/c1-12-10-20-16(15(12)11-23(25)26)9-18(24)22(20)8-4-6-14-13-5-2-3-7-17(13)21-19(14)20/h2-3,5,7,12,15-16,21H,4,6,8-11H2,1H3/t12-,15+,16-,20?/m0/s1. The predicted octanol–water partition coefficient (Wildman–Crippen LogP) is 3.09. The number of hydrogen-bond donors (Lipinski definition) is 1. The van der Waals surface area contributed by atoms with E-state index in [1.54, 1.807) is 0 Å². The summed E-state index contributed by atoms with van der Waals surface area (Å²) < 4.78 is 0. The molecule has 1 N–H and O–H groups in total. The number of para-hydroxylation sites is 1. The maximum absolute atomic E-state index is 12.9. The third kappa shape index (κ3) is 1.90. The Labute approximate surface area is 151 Å². The zero-order chi connectivity index (χ0) is 18.1. The normalized spacial score (nSPS) is 33.0. The number of hydrogen-bond acceptors (Lipinski definition) is 3. The minimum absolute atomic E-state index is 0.0281. The van der Waals surface area contributed by atoms with Gasteiger partial charge in [0.25, 0.3) is 0 Å². The van der Waals surface area contributed by atoms with Gasteiger partial charge < -0.3 is 9.88 Å². The summed E-state index contributed by atoms with van der Waals surface area (Å²) in [6.45, 7) is 2.84.